The van der Waals surface area contributed by atoms with Crippen LogP contribution in [0, 0.1) is 11.3 Å². The Morgan fingerprint density at radius 1 is 1.11 bits per heavy atom. The minimum atomic E-state index is -1.98. The van der Waals surface area contributed by atoms with Crippen LogP contribution in [0.4, 0.5) is 0 Å². The van der Waals surface area contributed by atoms with E-state index in [2.05, 4.69) is 0 Å². The van der Waals surface area contributed by atoms with Crippen molar-refractivity contribution >= 4 is 11.9 Å². The number of aliphatic carboxylic acids is 2. The van der Waals surface area contributed by atoms with Crippen LogP contribution in [0.25, 0.3) is 0 Å². The van der Waals surface area contributed by atoms with E-state index in [1.807, 2.05) is 0 Å². The van der Waals surface area contributed by atoms with Crippen LogP contribution in [0.2, 0.25) is 0 Å². The molecular weight excluding hydrogens is 250 g/mol. The Kier molecular flexibility index (Phi) is 9.79. The monoisotopic (exact) mass is 264 g/mol. The van der Waals surface area contributed by atoms with Crippen LogP contribution in [0.3, 0.4) is 0 Å². The average molecular weight is 264 g/mol. The van der Waals surface area contributed by atoms with E-state index in [9.17, 15) is 19.8 Å². The molecule has 4 nitrogen and oxygen atoms in total. The maximum atomic E-state index is 11.2. The van der Waals surface area contributed by atoms with Crippen LogP contribution >= 0.6 is 0 Å². The van der Waals surface area contributed by atoms with Gasteiger partial charge in [-0.25, -0.2) is 0 Å². The average Bonchev–Trinajstić information content (AvgIpc) is 2.25. The molecule has 0 saturated carbocycles. The summed E-state index contributed by atoms with van der Waals surface area (Å²) in [5, 5.41) is 22.4. The Morgan fingerprint density at radius 2 is 1.53 bits per heavy atom. The minimum Gasteiger partial charge on any atom is -0.549 e. The number of carbonyl (C=O) groups excluding carboxylic acids is 2. The molecule has 1 rings (SSSR count). The Balaban J connectivity index is 0. The molecule has 0 bridgehead atoms. The topological polar surface area (TPSA) is 80.3 Å². The summed E-state index contributed by atoms with van der Waals surface area (Å²) in [6.45, 7) is 3.07. The number of rotatable bonds is 5. The van der Waals surface area contributed by atoms with Gasteiger partial charge in [-0.2, -0.15) is 0 Å². The van der Waals surface area contributed by atoms with Gasteiger partial charge in [-0.05, 0) is 17.9 Å². The van der Waals surface area contributed by atoms with Crippen molar-refractivity contribution in [2.75, 3.05) is 0 Å². The normalized spacial score (nSPS) is 10.3. The van der Waals surface area contributed by atoms with Gasteiger partial charge in [-0.1, -0.05) is 44.2 Å². The van der Waals surface area contributed by atoms with Crippen molar-refractivity contribution in [1.82, 2.24) is 0 Å². The largest absolute Gasteiger partial charge is 1.00 e. The van der Waals surface area contributed by atoms with E-state index in [1.165, 1.54) is 13.8 Å². The van der Waals surface area contributed by atoms with E-state index in [4.69, 9.17) is 0 Å². The second-order valence-corrected chi connectivity index (χ2v) is 4.36. The molecule has 0 unspecified atom stereocenters. The van der Waals surface area contributed by atoms with Gasteiger partial charge in [-0.15, -0.1) is 0 Å². The fraction of sp³-hybridized carbons (Fsp3) is 0.385. The molecule has 1 aromatic carbocycles. The summed E-state index contributed by atoms with van der Waals surface area (Å²) in [7, 11) is 0. The van der Waals surface area contributed by atoms with Crippen LogP contribution in [0.15, 0.2) is 30.3 Å². The number of carboxylic acid groups (broad SMARTS) is 2. The van der Waals surface area contributed by atoms with Crippen LogP contribution in [-0.4, -0.2) is 11.9 Å². The molecule has 0 saturated heterocycles. The van der Waals surface area contributed by atoms with Crippen LogP contribution in [-0.2, 0) is 16.0 Å². The molecule has 0 radical (unpaired) electrons. The standard InChI is InChI=1S/C13H16O4.Li.Na/c1-9(2)13(11(14)15,12(16)17)8-10-6-4-3-5-7-10;;/h3-7,9H,8H2,1-2H3,(H,14,15)(H,16,17);;/q;2*+1/p-2. The SMILES string of the molecule is CC(C)C(Cc1ccccc1)(C(=O)[O-])C(=O)[O-].[Li+].[Na+]. The van der Waals surface area contributed by atoms with Crippen LogP contribution < -0.4 is 58.6 Å². The Labute approximate surface area is 147 Å². The van der Waals surface area contributed by atoms with Gasteiger partial charge in [0.15, 0.2) is 0 Å². The van der Waals surface area contributed by atoms with Crippen molar-refractivity contribution in [2.24, 2.45) is 11.3 Å². The Hall–Kier alpha value is -0.243. The Morgan fingerprint density at radius 3 is 1.84 bits per heavy atom. The van der Waals surface area contributed by atoms with Crippen molar-refractivity contribution in [3.05, 3.63) is 35.9 Å². The van der Waals surface area contributed by atoms with Crippen molar-refractivity contribution < 1.29 is 68.2 Å². The maximum Gasteiger partial charge on any atom is 1.00 e. The molecule has 0 atom stereocenters. The summed E-state index contributed by atoms with van der Waals surface area (Å²) in [6, 6.07) is 8.60. The summed E-state index contributed by atoms with van der Waals surface area (Å²) in [6.07, 6.45) is -0.129. The molecule has 0 spiro atoms. The molecule has 6 heteroatoms. The van der Waals surface area contributed by atoms with Crippen molar-refractivity contribution in [1.29, 1.82) is 0 Å². The fourth-order valence-electron chi connectivity index (χ4n) is 1.82. The predicted molar refractivity (Wildman–Crippen MR) is 57.4 cm³/mol. The number of carboxylic acids is 2. The van der Waals surface area contributed by atoms with E-state index >= 15 is 0 Å². The molecule has 92 valence electrons. The zero-order valence-corrected chi connectivity index (χ0v) is 13.8. The molecule has 0 aliphatic heterocycles. The second-order valence-electron chi connectivity index (χ2n) is 4.36. The smallest absolute Gasteiger partial charge is 0.549 e. The zero-order valence-electron chi connectivity index (χ0n) is 11.8. The predicted octanol–water partition coefficient (Wildman–Crippen LogP) is -6.62. The molecule has 0 aliphatic carbocycles. The molecule has 19 heavy (non-hydrogen) atoms. The van der Waals surface area contributed by atoms with E-state index in [0.717, 1.165) is 0 Å². The summed E-state index contributed by atoms with van der Waals surface area (Å²) >= 11 is 0. The fourth-order valence-corrected chi connectivity index (χ4v) is 1.82. The van der Waals surface area contributed by atoms with Crippen molar-refractivity contribution in [3.63, 3.8) is 0 Å². The first-order valence-corrected chi connectivity index (χ1v) is 5.38. The summed E-state index contributed by atoms with van der Waals surface area (Å²) in [5.41, 5.74) is -1.35. The third-order valence-electron chi connectivity index (χ3n) is 3.04. The van der Waals surface area contributed by atoms with Gasteiger partial charge in [-0.3, -0.25) is 0 Å². The zero-order chi connectivity index (χ0) is 13.1. The first-order chi connectivity index (χ1) is 7.91. The summed E-state index contributed by atoms with van der Waals surface area (Å²) in [4.78, 5) is 22.4. The summed E-state index contributed by atoms with van der Waals surface area (Å²) < 4.78 is 0. The number of benzene rings is 1. The van der Waals surface area contributed by atoms with Gasteiger partial charge in [0.25, 0.3) is 0 Å². The Bertz CT molecular complexity index is 406. The molecule has 0 aromatic heterocycles. The van der Waals surface area contributed by atoms with E-state index in [0.29, 0.717) is 5.56 Å². The van der Waals surface area contributed by atoms with Gasteiger partial charge in [0.05, 0.1) is 17.4 Å². The molecule has 0 N–H and O–H groups in total. The second kappa shape index (κ2) is 8.83. The minimum absolute atomic E-state index is 0. The van der Waals surface area contributed by atoms with Crippen LogP contribution in [0.1, 0.15) is 19.4 Å². The van der Waals surface area contributed by atoms with Gasteiger partial charge < -0.3 is 19.8 Å². The number of carbonyl (C=O) groups is 2. The van der Waals surface area contributed by atoms with E-state index in [-0.39, 0.29) is 54.8 Å². The summed E-state index contributed by atoms with van der Waals surface area (Å²) in [5.74, 6) is -3.81. The van der Waals surface area contributed by atoms with Crippen LogP contribution in [0.5, 0.6) is 0 Å². The molecular formula is C13H14LiNaO4. The van der Waals surface area contributed by atoms with Crippen molar-refractivity contribution in [3.8, 4) is 0 Å². The first kappa shape index (κ1) is 21.1. The molecule has 0 amide bonds. The number of hydrogen-bond acceptors (Lipinski definition) is 4. The van der Waals surface area contributed by atoms with Gasteiger partial charge >= 0.3 is 48.4 Å². The third-order valence-corrected chi connectivity index (χ3v) is 3.04. The third kappa shape index (κ3) is 4.66. The quantitative estimate of drug-likeness (QED) is 0.391. The first-order valence-electron chi connectivity index (χ1n) is 5.38. The van der Waals surface area contributed by atoms with E-state index in [1.54, 1.807) is 30.3 Å². The number of hydrogen-bond donors (Lipinski definition) is 0. The maximum absolute atomic E-state index is 11.2. The molecule has 0 heterocycles. The van der Waals surface area contributed by atoms with Gasteiger partial charge in [0, 0.05) is 0 Å². The van der Waals surface area contributed by atoms with Crippen molar-refractivity contribution in [2.45, 2.75) is 20.3 Å². The molecule has 0 fully saturated rings. The molecule has 1 aromatic rings. The molecule has 0 aliphatic rings. The van der Waals surface area contributed by atoms with Gasteiger partial charge in [0.1, 0.15) is 0 Å². The van der Waals surface area contributed by atoms with E-state index < -0.39 is 23.3 Å². The van der Waals surface area contributed by atoms with Gasteiger partial charge in [0.2, 0.25) is 0 Å².